The molecule has 0 bridgehead atoms. The van der Waals surface area contributed by atoms with Crippen molar-refractivity contribution in [2.24, 2.45) is 0 Å². The summed E-state index contributed by atoms with van der Waals surface area (Å²) < 4.78 is 10.8. The molecule has 2 aromatic rings. The van der Waals surface area contributed by atoms with E-state index in [1.165, 1.54) is 6.07 Å². The number of benzene rings is 2. The maximum atomic E-state index is 12.5. The number of morpholine rings is 1. The Morgan fingerprint density at radius 3 is 2.48 bits per heavy atom. The van der Waals surface area contributed by atoms with Gasteiger partial charge in [0.1, 0.15) is 11.8 Å². The molecule has 1 saturated heterocycles. The summed E-state index contributed by atoms with van der Waals surface area (Å²) in [4.78, 5) is 25.4. The fourth-order valence-corrected chi connectivity index (χ4v) is 3.00. The molecule has 2 aromatic carbocycles. The maximum absolute atomic E-state index is 12.5. The van der Waals surface area contributed by atoms with Gasteiger partial charge >= 0.3 is 5.97 Å². The summed E-state index contributed by atoms with van der Waals surface area (Å²) in [7, 11) is 0. The summed E-state index contributed by atoms with van der Waals surface area (Å²) >= 11 is 0. The van der Waals surface area contributed by atoms with Crippen LogP contribution in [0.5, 0.6) is 0 Å². The molecule has 1 atom stereocenters. The fourth-order valence-electron chi connectivity index (χ4n) is 3.00. The van der Waals surface area contributed by atoms with Crippen LogP contribution in [0.15, 0.2) is 42.5 Å². The van der Waals surface area contributed by atoms with E-state index in [1.807, 2.05) is 36.1 Å². The van der Waals surface area contributed by atoms with E-state index >= 15 is 0 Å². The number of esters is 1. The van der Waals surface area contributed by atoms with Crippen molar-refractivity contribution < 1.29 is 19.2 Å². The zero-order valence-electron chi connectivity index (χ0n) is 15.4. The number of hydrogen-bond donors (Lipinski definition) is 0. The first-order valence-electron chi connectivity index (χ1n) is 8.84. The molecular formula is C20H22N2O5. The average Bonchev–Trinajstić information content (AvgIpc) is 2.68. The third kappa shape index (κ3) is 4.43. The van der Waals surface area contributed by atoms with Gasteiger partial charge in [-0.1, -0.05) is 29.8 Å². The van der Waals surface area contributed by atoms with Gasteiger partial charge in [-0.15, -0.1) is 0 Å². The molecule has 1 aliphatic rings. The van der Waals surface area contributed by atoms with Gasteiger partial charge < -0.3 is 14.4 Å². The monoisotopic (exact) mass is 370 g/mol. The molecule has 1 fully saturated rings. The SMILES string of the molecule is Cc1ccc([C@H](C)OC(=O)c2ccc(N3CCOCC3)c([N+](=O)[O-])c2)cc1. The highest BCUT2D eigenvalue weighted by molar-refractivity contribution is 5.91. The van der Waals surface area contributed by atoms with Crippen LogP contribution in [0.1, 0.15) is 34.5 Å². The Morgan fingerprint density at radius 1 is 1.19 bits per heavy atom. The molecule has 0 aromatic heterocycles. The Kier molecular flexibility index (Phi) is 5.71. The lowest BCUT2D eigenvalue weighted by atomic mass is 10.1. The van der Waals surface area contributed by atoms with Crippen molar-refractivity contribution in [2.45, 2.75) is 20.0 Å². The van der Waals surface area contributed by atoms with Crippen LogP contribution >= 0.6 is 0 Å². The first-order valence-corrected chi connectivity index (χ1v) is 8.84. The first-order chi connectivity index (χ1) is 13.0. The van der Waals surface area contributed by atoms with Crippen molar-refractivity contribution in [1.29, 1.82) is 0 Å². The number of anilines is 1. The number of carbonyl (C=O) groups is 1. The van der Waals surface area contributed by atoms with Crippen LogP contribution in [0.25, 0.3) is 0 Å². The third-order valence-corrected chi connectivity index (χ3v) is 4.59. The summed E-state index contributed by atoms with van der Waals surface area (Å²) in [5, 5.41) is 11.5. The molecular weight excluding hydrogens is 348 g/mol. The molecule has 0 unspecified atom stereocenters. The molecule has 0 spiro atoms. The standard InChI is InChI=1S/C20H22N2O5/c1-14-3-5-16(6-4-14)15(2)27-20(23)17-7-8-18(19(13-17)22(24)25)21-9-11-26-12-10-21/h3-8,13,15H,9-12H2,1-2H3/t15-/m0/s1. The smallest absolute Gasteiger partial charge is 0.338 e. The number of carbonyl (C=O) groups excluding carboxylic acids is 1. The molecule has 0 radical (unpaired) electrons. The highest BCUT2D eigenvalue weighted by atomic mass is 16.6. The number of nitro benzene ring substituents is 1. The molecule has 7 nitrogen and oxygen atoms in total. The predicted molar refractivity (Wildman–Crippen MR) is 101 cm³/mol. The second kappa shape index (κ2) is 8.18. The quantitative estimate of drug-likeness (QED) is 0.454. The summed E-state index contributed by atoms with van der Waals surface area (Å²) in [5.74, 6) is -0.584. The topological polar surface area (TPSA) is 81.9 Å². The third-order valence-electron chi connectivity index (χ3n) is 4.59. The van der Waals surface area contributed by atoms with Crippen LogP contribution in [0.4, 0.5) is 11.4 Å². The van der Waals surface area contributed by atoms with Crippen LogP contribution in [0.3, 0.4) is 0 Å². The van der Waals surface area contributed by atoms with Crippen LogP contribution in [0.2, 0.25) is 0 Å². The van der Waals surface area contributed by atoms with E-state index in [0.717, 1.165) is 11.1 Å². The van der Waals surface area contributed by atoms with E-state index in [-0.39, 0.29) is 11.3 Å². The van der Waals surface area contributed by atoms with Crippen molar-refractivity contribution >= 4 is 17.3 Å². The Labute approximate surface area is 157 Å². The van der Waals surface area contributed by atoms with Gasteiger partial charge in [0.2, 0.25) is 0 Å². The van der Waals surface area contributed by atoms with E-state index in [9.17, 15) is 14.9 Å². The highest BCUT2D eigenvalue weighted by Crippen LogP contribution is 2.30. The van der Waals surface area contributed by atoms with Gasteiger partial charge in [0, 0.05) is 19.2 Å². The molecule has 0 aliphatic carbocycles. The number of hydrogen-bond acceptors (Lipinski definition) is 6. The van der Waals surface area contributed by atoms with Gasteiger partial charge in [0.05, 0.1) is 23.7 Å². The summed E-state index contributed by atoms with van der Waals surface area (Å²) in [5.41, 5.74) is 2.54. The molecule has 1 heterocycles. The molecule has 27 heavy (non-hydrogen) atoms. The van der Waals surface area contributed by atoms with Crippen molar-refractivity contribution in [3.05, 3.63) is 69.3 Å². The molecule has 0 amide bonds. The zero-order chi connectivity index (χ0) is 19.4. The Bertz CT molecular complexity index is 829. The number of nitro groups is 1. The molecule has 7 heteroatoms. The van der Waals surface area contributed by atoms with Gasteiger partial charge in [-0.2, -0.15) is 0 Å². The van der Waals surface area contributed by atoms with Crippen molar-refractivity contribution in [1.82, 2.24) is 0 Å². The van der Waals surface area contributed by atoms with Gasteiger partial charge in [-0.3, -0.25) is 10.1 Å². The second-order valence-corrected chi connectivity index (χ2v) is 6.52. The van der Waals surface area contributed by atoms with Crippen LogP contribution in [0, 0.1) is 17.0 Å². The highest BCUT2D eigenvalue weighted by Gasteiger charge is 2.24. The lowest BCUT2D eigenvalue weighted by Gasteiger charge is -2.28. The van der Waals surface area contributed by atoms with Crippen LogP contribution in [-0.4, -0.2) is 37.2 Å². The maximum Gasteiger partial charge on any atom is 0.338 e. The first kappa shape index (κ1) is 18.8. The number of ether oxygens (including phenoxy) is 2. The normalized spacial score (nSPS) is 15.3. The molecule has 142 valence electrons. The molecule has 3 rings (SSSR count). The largest absolute Gasteiger partial charge is 0.454 e. The number of aryl methyl sites for hydroxylation is 1. The van der Waals surface area contributed by atoms with Gasteiger partial charge in [-0.05, 0) is 31.5 Å². The van der Waals surface area contributed by atoms with Gasteiger partial charge in [0.15, 0.2) is 0 Å². The van der Waals surface area contributed by atoms with Crippen molar-refractivity contribution in [3.8, 4) is 0 Å². The Morgan fingerprint density at radius 2 is 1.85 bits per heavy atom. The molecule has 1 aliphatic heterocycles. The summed E-state index contributed by atoms with van der Waals surface area (Å²) in [6.07, 6.45) is -0.448. The lowest BCUT2D eigenvalue weighted by molar-refractivity contribution is -0.384. The van der Waals surface area contributed by atoms with Crippen LogP contribution in [-0.2, 0) is 9.47 Å². The lowest BCUT2D eigenvalue weighted by Crippen LogP contribution is -2.36. The minimum absolute atomic E-state index is 0.102. The van der Waals surface area contributed by atoms with E-state index in [4.69, 9.17) is 9.47 Å². The average molecular weight is 370 g/mol. The summed E-state index contributed by atoms with van der Waals surface area (Å²) in [6.45, 7) is 5.96. The second-order valence-electron chi connectivity index (χ2n) is 6.52. The number of rotatable bonds is 5. The molecule has 0 N–H and O–H groups in total. The van der Waals surface area contributed by atoms with E-state index < -0.39 is 17.0 Å². The van der Waals surface area contributed by atoms with Gasteiger partial charge in [-0.25, -0.2) is 4.79 Å². The fraction of sp³-hybridized carbons (Fsp3) is 0.350. The number of nitrogens with zero attached hydrogens (tertiary/aromatic N) is 2. The van der Waals surface area contributed by atoms with Crippen molar-refractivity contribution in [3.63, 3.8) is 0 Å². The summed E-state index contributed by atoms with van der Waals surface area (Å²) in [6, 6.07) is 12.2. The van der Waals surface area contributed by atoms with E-state index in [2.05, 4.69) is 0 Å². The minimum atomic E-state index is -0.584. The van der Waals surface area contributed by atoms with E-state index in [1.54, 1.807) is 19.1 Å². The minimum Gasteiger partial charge on any atom is -0.454 e. The Balaban J connectivity index is 1.79. The predicted octanol–water partition coefficient (Wildman–Crippen LogP) is 3.66. The molecule has 0 saturated carbocycles. The van der Waals surface area contributed by atoms with Gasteiger partial charge in [0.25, 0.3) is 5.69 Å². The zero-order valence-corrected chi connectivity index (χ0v) is 15.4. The Hall–Kier alpha value is -2.93. The van der Waals surface area contributed by atoms with E-state index in [0.29, 0.717) is 32.0 Å². The van der Waals surface area contributed by atoms with Crippen molar-refractivity contribution in [2.75, 3.05) is 31.2 Å². The van der Waals surface area contributed by atoms with Crippen LogP contribution < -0.4 is 4.90 Å².